The van der Waals surface area contributed by atoms with Crippen LogP contribution >= 0.6 is 0 Å². The maximum atomic E-state index is 5.43. The Balaban J connectivity index is 1.91. The van der Waals surface area contributed by atoms with Crippen LogP contribution in [0, 0.1) is 6.92 Å². The molecule has 1 N–H and O–H groups in total. The molecule has 0 aliphatic heterocycles. The van der Waals surface area contributed by atoms with Gasteiger partial charge in [0.05, 0.1) is 19.9 Å². The minimum atomic E-state index is 0.634. The third kappa shape index (κ3) is 4.28. The van der Waals surface area contributed by atoms with Gasteiger partial charge in [0, 0.05) is 24.5 Å². The average molecular weight is 364 g/mol. The SMILES string of the molecule is CCN(c1cccc(C)c1)c1nccc(Nc2cc(OC)ccc2OC)n1. The molecule has 27 heavy (non-hydrogen) atoms. The van der Waals surface area contributed by atoms with Crippen LogP contribution in [0.3, 0.4) is 0 Å². The molecule has 0 saturated carbocycles. The van der Waals surface area contributed by atoms with Gasteiger partial charge in [-0.15, -0.1) is 0 Å². The van der Waals surface area contributed by atoms with E-state index in [-0.39, 0.29) is 0 Å². The summed E-state index contributed by atoms with van der Waals surface area (Å²) in [4.78, 5) is 11.2. The molecule has 3 rings (SSSR count). The standard InChI is InChI=1S/C21H24N4O2/c1-5-25(16-8-6-7-15(2)13-16)21-22-12-11-20(24-21)23-18-14-17(26-3)9-10-19(18)27-4/h6-14H,5H2,1-4H3,(H,22,23,24). The van der Waals surface area contributed by atoms with E-state index in [4.69, 9.17) is 9.47 Å². The minimum absolute atomic E-state index is 0.634. The van der Waals surface area contributed by atoms with Crippen LogP contribution in [0.1, 0.15) is 12.5 Å². The Kier molecular flexibility index (Phi) is 5.76. The number of nitrogens with one attached hydrogen (secondary N) is 1. The zero-order valence-corrected chi connectivity index (χ0v) is 16.1. The normalized spacial score (nSPS) is 10.4. The number of aryl methyl sites for hydroxylation is 1. The van der Waals surface area contributed by atoms with Crippen molar-refractivity contribution in [3.05, 3.63) is 60.3 Å². The highest BCUT2D eigenvalue weighted by molar-refractivity contribution is 5.67. The summed E-state index contributed by atoms with van der Waals surface area (Å²) < 4.78 is 10.7. The average Bonchev–Trinajstić information content (AvgIpc) is 2.69. The highest BCUT2D eigenvalue weighted by Crippen LogP contribution is 2.31. The van der Waals surface area contributed by atoms with Crippen molar-refractivity contribution in [3.63, 3.8) is 0 Å². The molecule has 2 aromatic carbocycles. The van der Waals surface area contributed by atoms with Gasteiger partial charge in [-0.2, -0.15) is 4.98 Å². The number of aromatic nitrogens is 2. The summed E-state index contributed by atoms with van der Waals surface area (Å²) >= 11 is 0. The molecular weight excluding hydrogens is 340 g/mol. The summed E-state index contributed by atoms with van der Waals surface area (Å²) in [6, 6.07) is 15.7. The van der Waals surface area contributed by atoms with Gasteiger partial charge in [-0.3, -0.25) is 0 Å². The number of hydrogen-bond donors (Lipinski definition) is 1. The molecule has 0 aliphatic rings. The quantitative estimate of drug-likeness (QED) is 0.655. The number of hydrogen-bond acceptors (Lipinski definition) is 6. The molecule has 0 bridgehead atoms. The lowest BCUT2D eigenvalue weighted by Gasteiger charge is -2.22. The van der Waals surface area contributed by atoms with E-state index in [2.05, 4.69) is 52.2 Å². The molecular formula is C21H24N4O2. The number of anilines is 4. The lowest BCUT2D eigenvalue weighted by Crippen LogP contribution is -2.19. The molecule has 0 aliphatic carbocycles. The molecule has 0 unspecified atom stereocenters. The molecule has 1 aromatic heterocycles. The Morgan fingerprint density at radius 3 is 2.59 bits per heavy atom. The summed E-state index contributed by atoms with van der Waals surface area (Å²) in [5.74, 6) is 2.76. The Labute approximate surface area is 159 Å². The van der Waals surface area contributed by atoms with Crippen LogP contribution in [0.5, 0.6) is 11.5 Å². The van der Waals surface area contributed by atoms with Crippen molar-refractivity contribution in [2.24, 2.45) is 0 Å². The largest absolute Gasteiger partial charge is 0.497 e. The lowest BCUT2D eigenvalue weighted by molar-refractivity contribution is 0.405. The summed E-state index contributed by atoms with van der Waals surface area (Å²) in [5.41, 5.74) is 3.04. The van der Waals surface area contributed by atoms with E-state index in [0.717, 1.165) is 23.7 Å². The molecule has 0 amide bonds. The van der Waals surface area contributed by atoms with Crippen LogP contribution in [-0.2, 0) is 0 Å². The first-order valence-electron chi connectivity index (χ1n) is 8.81. The van der Waals surface area contributed by atoms with Crippen molar-refractivity contribution < 1.29 is 9.47 Å². The fourth-order valence-electron chi connectivity index (χ4n) is 2.83. The highest BCUT2D eigenvalue weighted by atomic mass is 16.5. The van der Waals surface area contributed by atoms with Crippen LogP contribution in [0.4, 0.5) is 23.1 Å². The molecule has 0 spiro atoms. The first-order valence-corrected chi connectivity index (χ1v) is 8.81. The third-order valence-electron chi connectivity index (χ3n) is 4.18. The van der Waals surface area contributed by atoms with Gasteiger partial charge in [-0.25, -0.2) is 4.98 Å². The van der Waals surface area contributed by atoms with Crippen molar-refractivity contribution in [2.45, 2.75) is 13.8 Å². The zero-order valence-electron chi connectivity index (χ0n) is 16.1. The number of rotatable bonds is 7. The molecule has 0 radical (unpaired) electrons. The Morgan fingerprint density at radius 1 is 1.04 bits per heavy atom. The first-order chi connectivity index (χ1) is 13.1. The van der Waals surface area contributed by atoms with E-state index >= 15 is 0 Å². The van der Waals surface area contributed by atoms with Crippen molar-refractivity contribution in [1.29, 1.82) is 0 Å². The molecule has 3 aromatic rings. The molecule has 0 atom stereocenters. The Bertz CT molecular complexity index is 914. The lowest BCUT2D eigenvalue weighted by atomic mass is 10.2. The highest BCUT2D eigenvalue weighted by Gasteiger charge is 2.12. The molecule has 140 valence electrons. The second-order valence-corrected chi connectivity index (χ2v) is 6.02. The van der Waals surface area contributed by atoms with Crippen molar-refractivity contribution >= 4 is 23.1 Å². The van der Waals surface area contributed by atoms with Crippen molar-refractivity contribution in [2.75, 3.05) is 31.0 Å². The first kappa shape index (κ1) is 18.5. The summed E-state index contributed by atoms with van der Waals surface area (Å²) in [7, 11) is 3.27. The van der Waals surface area contributed by atoms with Gasteiger partial charge < -0.3 is 19.7 Å². The van der Waals surface area contributed by atoms with Gasteiger partial charge in [-0.1, -0.05) is 12.1 Å². The van der Waals surface area contributed by atoms with Gasteiger partial charge in [-0.05, 0) is 49.7 Å². The van der Waals surface area contributed by atoms with Crippen molar-refractivity contribution in [3.8, 4) is 11.5 Å². The molecule has 0 fully saturated rings. The van der Waals surface area contributed by atoms with Gasteiger partial charge in [0.15, 0.2) is 0 Å². The number of benzene rings is 2. The predicted molar refractivity (Wildman–Crippen MR) is 109 cm³/mol. The molecule has 6 heteroatoms. The van der Waals surface area contributed by atoms with E-state index in [0.29, 0.717) is 17.5 Å². The third-order valence-corrected chi connectivity index (χ3v) is 4.18. The van der Waals surface area contributed by atoms with Gasteiger partial charge in [0.25, 0.3) is 0 Å². The Hall–Kier alpha value is -3.28. The summed E-state index contributed by atoms with van der Waals surface area (Å²) in [6.45, 7) is 4.91. The fourth-order valence-corrected chi connectivity index (χ4v) is 2.83. The van der Waals surface area contributed by atoms with Crippen LogP contribution in [0.25, 0.3) is 0 Å². The maximum Gasteiger partial charge on any atom is 0.231 e. The van der Waals surface area contributed by atoms with Crippen LogP contribution < -0.4 is 19.7 Å². The van der Waals surface area contributed by atoms with E-state index < -0.39 is 0 Å². The van der Waals surface area contributed by atoms with Crippen LogP contribution in [-0.4, -0.2) is 30.7 Å². The molecule has 6 nitrogen and oxygen atoms in total. The van der Waals surface area contributed by atoms with Crippen LogP contribution in [0.15, 0.2) is 54.7 Å². The van der Waals surface area contributed by atoms with E-state index in [1.807, 2.05) is 30.3 Å². The monoisotopic (exact) mass is 364 g/mol. The van der Waals surface area contributed by atoms with Crippen LogP contribution in [0.2, 0.25) is 0 Å². The minimum Gasteiger partial charge on any atom is -0.497 e. The second-order valence-electron chi connectivity index (χ2n) is 6.02. The fraction of sp³-hybridized carbons (Fsp3) is 0.238. The summed E-state index contributed by atoms with van der Waals surface area (Å²) in [5, 5.41) is 3.30. The molecule has 1 heterocycles. The van der Waals surface area contributed by atoms with E-state index in [1.165, 1.54) is 5.56 Å². The second kappa shape index (κ2) is 8.40. The number of nitrogens with zero attached hydrogens (tertiary/aromatic N) is 3. The smallest absolute Gasteiger partial charge is 0.231 e. The van der Waals surface area contributed by atoms with Crippen molar-refractivity contribution in [1.82, 2.24) is 9.97 Å². The summed E-state index contributed by atoms with van der Waals surface area (Å²) in [6.07, 6.45) is 1.75. The maximum absolute atomic E-state index is 5.43. The molecule has 0 saturated heterocycles. The topological polar surface area (TPSA) is 59.5 Å². The van der Waals surface area contributed by atoms with E-state index in [9.17, 15) is 0 Å². The Morgan fingerprint density at radius 2 is 1.89 bits per heavy atom. The number of methoxy groups -OCH3 is 2. The predicted octanol–water partition coefficient (Wildman–Crippen LogP) is 4.70. The van der Waals surface area contributed by atoms with Gasteiger partial charge in [0.2, 0.25) is 5.95 Å². The number of ether oxygens (including phenoxy) is 2. The van der Waals surface area contributed by atoms with E-state index in [1.54, 1.807) is 20.4 Å². The zero-order chi connectivity index (χ0) is 19.2. The van der Waals surface area contributed by atoms with Gasteiger partial charge >= 0.3 is 0 Å². The van der Waals surface area contributed by atoms with Gasteiger partial charge in [0.1, 0.15) is 17.3 Å².